The smallest absolute Gasteiger partial charge is 0.300 e. The van der Waals surface area contributed by atoms with Gasteiger partial charge in [0.25, 0.3) is 5.97 Å². The average Bonchev–Trinajstić information content (AvgIpc) is 2.62. The molecule has 1 saturated heterocycles. The zero-order valence-electron chi connectivity index (χ0n) is 16.3. The van der Waals surface area contributed by atoms with E-state index in [1.165, 1.54) is 5.56 Å². The monoisotopic (exact) mass is 443 g/mol. The van der Waals surface area contributed by atoms with Crippen LogP contribution in [0.15, 0.2) is 54.6 Å². The maximum Gasteiger partial charge on any atom is 0.300 e. The van der Waals surface area contributed by atoms with Crippen LogP contribution in [-0.2, 0) is 15.8 Å². The molecule has 3 rings (SSSR count). The predicted octanol–water partition coefficient (Wildman–Crippen LogP) is 5.98. The van der Waals surface area contributed by atoms with Crippen molar-refractivity contribution < 1.29 is 14.1 Å². The molecule has 154 valence electrons. The van der Waals surface area contributed by atoms with Crippen LogP contribution < -0.4 is 0 Å². The van der Waals surface area contributed by atoms with E-state index in [9.17, 15) is 4.21 Å². The highest BCUT2D eigenvalue weighted by Crippen LogP contribution is 2.33. The molecule has 2 atom stereocenters. The van der Waals surface area contributed by atoms with Gasteiger partial charge in [-0.05, 0) is 56.5 Å². The largest absolute Gasteiger partial charge is 0.481 e. The first-order valence-corrected chi connectivity index (χ1v) is 11.1. The number of carboxylic acid groups (broad SMARTS) is 1. The van der Waals surface area contributed by atoms with Crippen molar-refractivity contribution in [2.75, 3.05) is 5.75 Å². The van der Waals surface area contributed by atoms with E-state index < -0.39 is 17.0 Å². The molecule has 28 heavy (non-hydrogen) atoms. The summed E-state index contributed by atoms with van der Waals surface area (Å²) in [4.78, 5) is 9.00. The van der Waals surface area contributed by atoms with Crippen LogP contribution in [0.25, 0.3) is 0 Å². The summed E-state index contributed by atoms with van der Waals surface area (Å²) in [6.45, 7) is 5.29. The van der Waals surface area contributed by atoms with E-state index in [0.29, 0.717) is 6.04 Å². The maximum absolute atomic E-state index is 12.1. The normalized spacial score (nSPS) is 19.1. The molecular weight excluding hydrogens is 417 g/mol. The zero-order chi connectivity index (χ0) is 21.1. The summed E-state index contributed by atoms with van der Waals surface area (Å²) in [5.41, 5.74) is 1.22. The van der Waals surface area contributed by atoms with Crippen molar-refractivity contribution in [2.24, 2.45) is 0 Å². The van der Waals surface area contributed by atoms with Crippen LogP contribution in [-0.4, -0.2) is 31.4 Å². The third-order valence-electron chi connectivity index (χ3n) is 3.84. The van der Waals surface area contributed by atoms with Crippen LogP contribution >= 0.6 is 23.2 Å². The molecule has 2 unspecified atom stereocenters. The lowest BCUT2D eigenvalue weighted by molar-refractivity contribution is -0.134. The molecule has 0 aromatic heterocycles. The number of hydrogen-bond donors (Lipinski definition) is 1. The predicted molar refractivity (Wildman–Crippen MR) is 118 cm³/mol. The number of benzene rings is 2. The SMILES string of the molecule is CC(=O)O.CC(C)N1C(c2ccc(Cl)cc2)CCCS1=O.Clc1ccccc1. The number of nitrogens with zero attached hydrogens (tertiary/aromatic N) is 1. The fourth-order valence-corrected chi connectivity index (χ4v) is 4.66. The minimum atomic E-state index is -0.844. The standard InChI is InChI=1S/C13H18ClNOS.C6H5Cl.C2H4O2/c1-10(2)15-13(4-3-9-17(15)16)11-5-7-12(14)8-6-11;7-6-4-2-1-3-5-6;1-2(3)4/h5-8,10,13H,3-4,9H2,1-2H3;1-5H;1H3,(H,3,4). The summed E-state index contributed by atoms with van der Waals surface area (Å²) in [7, 11) is -0.844. The van der Waals surface area contributed by atoms with Crippen LogP contribution in [0.5, 0.6) is 0 Å². The fourth-order valence-electron chi connectivity index (χ4n) is 2.78. The Labute approximate surface area is 180 Å². The van der Waals surface area contributed by atoms with E-state index in [-0.39, 0.29) is 6.04 Å². The van der Waals surface area contributed by atoms with Crippen molar-refractivity contribution in [3.8, 4) is 0 Å². The van der Waals surface area contributed by atoms with Gasteiger partial charge in [0.2, 0.25) is 0 Å². The Morgan fingerprint density at radius 1 is 1.07 bits per heavy atom. The van der Waals surface area contributed by atoms with Gasteiger partial charge in [-0.2, -0.15) is 0 Å². The van der Waals surface area contributed by atoms with E-state index >= 15 is 0 Å². The molecule has 0 amide bonds. The topological polar surface area (TPSA) is 57.6 Å². The summed E-state index contributed by atoms with van der Waals surface area (Å²) >= 11 is 11.4. The van der Waals surface area contributed by atoms with Crippen LogP contribution in [0.3, 0.4) is 0 Å². The molecular formula is C21H27Cl2NO3S. The van der Waals surface area contributed by atoms with Crippen molar-refractivity contribution in [1.29, 1.82) is 0 Å². The minimum Gasteiger partial charge on any atom is -0.481 e. The highest BCUT2D eigenvalue weighted by Gasteiger charge is 2.31. The maximum atomic E-state index is 12.1. The number of aliphatic carboxylic acids is 1. The Kier molecular flexibility index (Phi) is 11.4. The van der Waals surface area contributed by atoms with Gasteiger partial charge < -0.3 is 5.11 Å². The summed E-state index contributed by atoms with van der Waals surface area (Å²) < 4.78 is 14.2. The number of rotatable bonds is 2. The van der Waals surface area contributed by atoms with Crippen LogP contribution in [0.4, 0.5) is 0 Å². The van der Waals surface area contributed by atoms with Crippen molar-refractivity contribution in [1.82, 2.24) is 4.31 Å². The van der Waals surface area contributed by atoms with Crippen molar-refractivity contribution in [3.05, 3.63) is 70.2 Å². The Morgan fingerprint density at radius 3 is 2.00 bits per heavy atom. The second-order valence-corrected chi connectivity index (χ2v) is 8.85. The molecule has 0 radical (unpaired) electrons. The molecule has 1 aliphatic heterocycles. The van der Waals surface area contributed by atoms with Crippen molar-refractivity contribution >= 4 is 40.2 Å². The molecule has 0 saturated carbocycles. The third-order valence-corrected chi connectivity index (χ3v) is 6.12. The van der Waals surface area contributed by atoms with Gasteiger partial charge in [-0.1, -0.05) is 53.5 Å². The summed E-state index contributed by atoms with van der Waals surface area (Å²) in [5.74, 6) is -0.0394. The van der Waals surface area contributed by atoms with Gasteiger partial charge in [-0.3, -0.25) is 4.79 Å². The van der Waals surface area contributed by atoms with Gasteiger partial charge in [0, 0.05) is 34.8 Å². The molecule has 2 aromatic carbocycles. The molecule has 7 heteroatoms. The fraction of sp³-hybridized carbons (Fsp3) is 0.381. The molecule has 1 heterocycles. The second-order valence-electron chi connectivity index (χ2n) is 6.50. The minimum absolute atomic E-state index is 0.266. The molecule has 0 aliphatic carbocycles. The lowest BCUT2D eigenvalue weighted by atomic mass is 10.0. The van der Waals surface area contributed by atoms with E-state index in [1.54, 1.807) is 0 Å². The van der Waals surface area contributed by atoms with E-state index in [0.717, 1.165) is 35.6 Å². The van der Waals surface area contributed by atoms with Crippen molar-refractivity contribution in [3.63, 3.8) is 0 Å². The first kappa shape index (κ1) is 24.6. The third kappa shape index (κ3) is 9.20. The van der Waals surface area contributed by atoms with Crippen LogP contribution in [0.2, 0.25) is 10.0 Å². The van der Waals surface area contributed by atoms with E-state index in [1.807, 2.05) is 54.6 Å². The Hall–Kier alpha value is -1.40. The Balaban J connectivity index is 0.000000293. The first-order chi connectivity index (χ1) is 13.2. The Bertz CT molecular complexity index is 735. The number of carboxylic acids is 1. The number of carbonyl (C=O) groups is 1. The first-order valence-electron chi connectivity index (χ1n) is 9.04. The summed E-state index contributed by atoms with van der Waals surface area (Å²) in [6, 6.07) is 17.9. The van der Waals surface area contributed by atoms with Gasteiger partial charge in [0.15, 0.2) is 0 Å². The van der Waals surface area contributed by atoms with E-state index in [4.69, 9.17) is 33.1 Å². The lowest BCUT2D eigenvalue weighted by Gasteiger charge is -2.37. The Morgan fingerprint density at radius 2 is 1.57 bits per heavy atom. The van der Waals surface area contributed by atoms with Gasteiger partial charge in [-0.25, -0.2) is 8.51 Å². The van der Waals surface area contributed by atoms with Gasteiger partial charge >= 0.3 is 0 Å². The van der Waals surface area contributed by atoms with E-state index in [2.05, 4.69) is 18.2 Å². The molecule has 1 fully saturated rings. The highest BCUT2D eigenvalue weighted by molar-refractivity contribution is 7.82. The highest BCUT2D eigenvalue weighted by atomic mass is 35.5. The second kappa shape index (κ2) is 12.9. The van der Waals surface area contributed by atoms with Gasteiger partial charge in [0.1, 0.15) is 0 Å². The van der Waals surface area contributed by atoms with Gasteiger partial charge in [-0.15, -0.1) is 0 Å². The van der Waals surface area contributed by atoms with Crippen LogP contribution in [0, 0.1) is 0 Å². The molecule has 1 N–H and O–H groups in total. The summed E-state index contributed by atoms with van der Waals surface area (Å²) in [6.07, 6.45) is 2.11. The zero-order valence-corrected chi connectivity index (χ0v) is 18.7. The van der Waals surface area contributed by atoms with Crippen molar-refractivity contribution in [2.45, 2.75) is 45.7 Å². The number of hydrogen-bond acceptors (Lipinski definition) is 2. The van der Waals surface area contributed by atoms with Gasteiger partial charge in [0.05, 0.1) is 11.0 Å². The lowest BCUT2D eigenvalue weighted by Crippen LogP contribution is -2.40. The molecule has 1 aliphatic rings. The molecule has 4 nitrogen and oxygen atoms in total. The average molecular weight is 444 g/mol. The molecule has 0 spiro atoms. The molecule has 0 bridgehead atoms. The quantitative estimate of drug-likeness (QED) is 0.620. The number of halogens is 2. The van der Waals surface area contributed by atoms with Crippen LogP contribution in [0.1, 0.15) is 45.2 Å². The molecule has 2 aromatic rings. The summed E-state index contributed by atoms with van der Waals surface area (Å²) in [5, 5.41) is 8.96.